The van der Waals surface area contributed by atoms with Crippen LogP contribution in [0.1, 0.15) is 34.1 Å². The first-order valence-corrected chi connectivity index (χ1v) is 5.37. The van der Waals surface area contributed by atoms with Crippen molar-refractivity contribution in [3.05, 3.63) is 0 Å². The van der Waals surface area contributed by atoms with Gasteiger partial charge in [0, 0.05) is 6.92 Å². The van der Waals surface area contributed by atoms with E-state index < -0.39 is 5.60 Å². The van der Waals surface area contributed by atoms with Crippen LogP contribution < -0.4 is 5.32 Å². The van der Waals surface area contributed by atoms with Gasteiger partial charge in [0.15, 0.2) is 0 Å². The Morgan fingerprint density at radius 3 is 2.38 bits per heavy atom. The first-order valence-electron chi connectivity index (χ1n) is 5.37. The number of nitrogens with one attached hydrogen (secondary N) is 1. The number of hydrogen-bond acceptors (Lipinski definition) is 5. The van der Waals surface area contributed by atoms with Crippen LogP contribution in [0.5, 0.6) is 0 Å². The lowest BCUT2D eigenvalue weighted by molar-refractivity contribution is -0.153. The molecule has 1 N–H and O–H groups in total. The van der Waals surface area contributed by atoms with Crippen LogP contribution in [0.4, 0.5) is 0 Å². The maximum atomic E-state index is 11.2. The normalized spacial score (nSPS) is 11.0. The molecule has 94 valence electrons. The second-order valence-corrected chi connectivity index (χ2v) is 4.46. The van der Waals surface area contributed by atoms with Crippen LogP contribution in [0.15, 0.2) is 0 Å². The standard InChI is InChI=1S/C11H21NO4/c1-9(13)15-7-5-6-12-8-10(14)16-11(2,3)4/h12H,5-8H2,1-4H3. The Morgan fingerprint density at radius 1 is 1.25 bits per heavy atom. The van der Waals surface area contributed by atoms with Gasteiger partial charge in [-0.2, -0.15) is 0 Å². The van der Waals surface area contributed by atoms with Crippen LogP contribution in [-0.2, 0) is 19.1 Å². The fraction of sp³-hybridized carbons (Fsp3) is 0.818. The van der Waals surface area contributed by atoms with Gasteiger partial charge in [-0.3, -0.25) is 9.59 Å². The average molecular weight is 231 g/mol. The third-order valence-electron chi connectivity index (χ3n) is 1.49. The molecule has 0 aliphatic rings. The van der Waals surface area contributed by atoms with Crippen molar-refractivity contribution in [2.75, 3.05) is 19.7 Å². The highest BCUT2D eigenvalue weighted by Gasteiger charge is 2.15. The Labute approximate surface area is 96.5 Å². The van der Waals surface area contributed by atoms with E-state index in [0.717, 1.165) is 0 Å². The second kappa shape index (κ2) is 7.22. The van der Waals surface area contributed by atoms with E-state index in [1.54, 1.807) is 0 Å². The Kier molecular flexibility index (Phi) is 6.72. The number of carbonyl (C=O) groups is 2. The SMILES string of the molecule is CC(=O)OCCCNCC(=O)OC(C)(C)C. The first kappa shape index (κ1) is 14.9. The van der Waals surface area contributed by atoms with Gasteiger partial charge in [-0.05, 0) is 33.7 Å². The van der Waals surface area contributed by atoms with Crippen LogP contribution >= 0.6 is 0 Å². The molecule has 0 saturated heterocycles. The smallest absolute Gasteiger partial charge is 0.320 e. The molecular formula is C11H21NO4. The summed E-state index contributed by atoms with van der Waals surface area (Å²) < 4.78 is 9.83. The van der Waals surface area contributed by atoms with Gasteiger partial charge < -0.3 is 14.8 Å². The third kappa shape index (κ3) is 11.0. The van der Waals surface area contributed by atoms with E-state index in [1.807, 2.05) is 20.8 Å². The van der Waals surface area contributed by atoms with Gasteiger partial charge in [0.05, 0.1) is 13.2 Å². The monoisotopic (exact) mass is 231 g/mol. The second-order valence-electron chi connectivity index (χ2n) is 4.46. The van der Waals surface area contributed by atoms with Crippen molar-refractivity contribution >= 4 is 11.9 Å². The van der Waals surface area contributed by atoms with Crippen LogP contribution in [0.25, 0.3) is 0 Å². The molecule has 0 aliphatic heterocycles. The zero-order valence-corrected chi connectivity index (χ0v) is 10.5. The van der Waals surface area contributed by atoms with Crippen LogP contribution in [-0.4, -0.2) is 37.2 Å². The maximum Gasteiger partial charge on any atom is 0.320 e. The van der Waals surface area contributed by atoms with Crippen molar-refractivity contribution in [1.82, 2.24) is 5.32 Å². The zero-order chi connectivity index (χ0) is 12.6. The number of esters is 2. The van der Waals surface area contributed by atoms with Gasteiger partial charge in [0.1, 0.15) is 5.60 Å². The molecule has 0 aliphatic carbocycles. The lowest BCUT2D eigenvalue weighted by atomic mass is 10.2. The molecule has 0 fully saturated rings. The van der Waals surface area contributed by atoms with E-state index in [1.165, 1.54) is 6.92 Å². The van der Waals surface area contributed by atoms with Gasteiger partial charge in [-0.1, -0.05) is 0 Å². The summed E-state index contributed by atoms with van der Waals surface area (Å²) in [7, 11) is 0. The highest BCUT2D eigenvalue weighted by Crippen LogP contribution is 2.05. The summed E-state index contributed by atoms with van der Waals surface area (Å²) in [6, 6.07) is 0. The Hall–Kier alpha value is -1.10. The Balaban J connectivity index is 3.38. The molecule has 0 radical (unpaired) electrons. The molecule has 0 aromatic heterocycles. The quantitative estimate of drug-likeness (QED) is 0.543. The van der Waals surface area contributed by atoms with Crippen molar-refractivity contribution in [3.63, 3.8) is 0 Å². The topological polar surface area (TPSA) is 64.6 Å². The molecular weight excluding hydrogens is 210 g/mol. The van der Waals surface area contributed by atoms with E-state index in [9.17, 15) is 9.59 Å². The highest BCUT2D eigenvalue weighted by molar-refractivity contribution is 5.72. The fourth-order valence-corrected chi connectivity index (χ4v) is 0.981. The van der Waals surface area contributed by atoms with Gasteiger partial charge in [0.2, 0.25) is 0 Å². The molecule has 0 atom stereocenters. The molecule has 0 unspecified atom stereocenters. The van der Waals surface area contributed by atoms with Crippen molar-refractivity contribution in [3.8, 4) is 0 Å². The molecule has 0 amide bonds. The largest absolute Gasteiger partial charge is 0.466 e. The van der Waals surface area contributed by atoms with Gasteiger partial charge in [-0.15, -0.1) is 0 Å². The number of ether oxygens (including phenoxy) is 2. The van der Waals surface area contributed by atoms with Crippen molar-refractivity contribution in [2.24, 2.45) is 0 Å². The molecule has 16 heavy (non-hydrogen) atoms. The lowest BCUT2D eigenvalue weighted by Crippen LogP contribution is -2.32. The number of carbonyl (C=O) groups excluding carboxylic acids is 2. The predicted octanol–water partition coefficient (Wildman–Crippen LogP) is 0.871. The van der Waals surface area contributed by atoms with Gasteiger partial charge >= 0.3 is 11.9 Å². The minimum atomic E-state index is -0.448. The first-order chi connectivity index (χ1) is 7.31. The van der Waals surface area contributed by atoms with Crippen molar-refractivity contribution in [1.29, 1.82) is 0 Å². The summed E-state index contributed by atoms with van der Waals surface area (Å²) in [4.78, 5) is 21.7. The summed E-state index contributed by atoms with van der Waals surface area (Å²) in [5.74, 6) is -0.563. The summed E-state index contributed by atoms with van der Waals surface area (Å²) in [6.45, 7) is 8.01. The summed E-state index contributed by atoms with van der Waals surface area (Å²) in [6.07, 6.45) is 0.683. The Morgan fingerprint density at radius 2 is 1.88 bits per heavy atom. The minimum absolute atomic E-state index is 0.178. The maximum absolute atomic E-state index is 11.2. The molecule has 5 nitrogen and oxygen atoms in total. The summed E-state index contributed by atoms with van der Waals surface area (Å²) in [5.41, 5.74) is -0.448. The highest BCUT2D eigenvalue weighted by atomic mass is 16.6. The molecule has 0 rings (SSSR count). The summed E-state index contributed by atoms with van der Waals surface area (Å²) >= 11 is 0. The van der Waals surface area contributed by atoms with E-state index >= 15 is 0 Å². The lowest BCUT2D eigenvalue weighted by Gasteiger charge is -2.19. The molecule has 0 heterocycles. The van der Waals surface area contributed by atoms with Crippen molar-refractivity contribution < 1.29 is 19.1 Å². The molecule has 0 bridgehead atoms. The van der Waals surface area contributed by atoms with Crippen LogP contribution in [0.3, 0.4) is 0 Å². The van der Waals surface area contributed by atoms with Gasteiger partial charge in [-0.25, -0.2) is 0 Å². The van der Waals surface area contributed by atoms with Crippen LogP contribution in [0, 0.1) is 0 Å². The fourth-order valence-electron chi connectivity index (χ4n) is 0.981. The van der Waals surface area contributed by atoms with E-state index in [4.69, 9.17) is 9.47 Å². The van der Waals surface area contributed by atoms with E-state index in [-0.39, 0.29) is 18.5 Å². The zero-order valence-electron chi connectivity index (χ0n) is 10.5. The predicted molar refractivity (Wildman–Crippen MR) is 60.0 cm³/mol. The molecule has 5 heteroatoms. The molecule has 0 aromatic carbocycles. The summed E-state index contributed by atoms with van der Waals surface area (Å²) in [5, 5.41) is 2.92. The molecule has 0 aromatic rings. The van der Waals surface area contributed by atoms with E-state index in [0.29, 0.717) is 19.6 Å². The molecule has 0 spiro atoms. The number of hydrogen-bond donors (Lipinski definition) is 1. The van der Waals surface area contributed by atoms with Gasteiger partial charge in [0.25, 0.3) is 0 Å². The van der Waals surface area contributed by atoms with Crippen molar-refractivity contribution in [2.45, 2.75) is 39.7 Å². The average Bonchev–Trinajstić information content (AvgIpc) is 2.07. The third-order valence-corrected chi connectivity index (χ3v) is 1.49. The van der Waals surface area contributed by atoms with E-state index in [2.05, 4.69) is 5.32 Å². The molecule has 0 saturated carbocycles. The minimum Gasteiger partial charge on any atom is -0.466 e. The number of rotatable bonds is 6. The Bertz CT molecular complexity index is 233. The van der Waals surface area contributed by atoms with Crippen LogP contribution in [0.2, 0.25) is 0 Å².